The molecule has 1 N–H and O–H groups in total. The van der Waals surface area contributed by atoms with Crippen LogP contribution in [0.15, 0.2) is 65.2 Å². The molecule has 0 unspecified atom stereocenters. The first-order valence-corrected chi connectivity index (χ1v) is 8.59. The Hall–Kier alpha value is -3.38. The Bertz CT molecular complexity index is 1110. The van der Waals surface area contributed by atoms with Crippen LogP contribution < -0.4 is 5.32 Å². The van der Waals surface area contributed by atoms with E-state index in [0.717, 1.165) is 22.3 Å². The predicted octanol–water partition coefficient (Wildman–Crippen LogP) is 4.33. The molecule has 2 aromatic carbocycles. The van der Waals surface area contributed by atoms with Gasteiger partial charge in [-0.3, -0.25) is 4.79 Å². The van der Waals surface area contributed by atoms with Crippen LogP contribution in [0.5, 0.6) is 0 Å². The molecule has 0 fully saturated rings. The number of aryl methyl sites for hydroxylation is 1. The van der Waals surface area contributed by atoms with Crippen molar-refractivity contribution in [1.29, 1.82) is 0 Å². The summed E-state index contributed by atoms with van der Waals surface area (Å²) in [5, 5.41) is 8.09. The van der Waals surface area contributed by atoms with E-state index in [-0.39, 0.29) is 11.7 Å². The molecule has 2 aromatic heterocycles. The molecular formula is C21H19N3O3. The fraction of sp³-hybridized carbons (Fsp3) is 0.143. The quantitative estimate of drug-likeness (QED) is 0.574. The lowest BCUT2D eigenvalue weighted by Gasteiger charge is -2.09. The molecule has 0 aliphatic rings. The number of carbonyl (C=O) groups excluding carboxylic acids is 1. The third-order valence-corrected chi connectivity index (χ3v) is 4.37. The first kappa shape index (κ1) is 17.1. The van der Waals surface area contributed by atoms with Gasteiger partial charge in [-0.1, -0.05) is 24.3 Å². The number of hydrogen-bond acceptors (Lipinski definition) is 4. The Morgan fingerprint density at radius 2 is 2.04 bits per heavy atom. The molecule has 0 atom stereocenters. The third-order valence-electron chi connectivity index (χ3n) is 4.37. The van der Waals surface area contributed by atoms with E-state index in [9.17, 15) is 4.79 Å². The number of nitrogens with one attached hydrogen (secondary N) is 1. The Kier molecular flexibility index (Phi) is 4.48. The van der Waals surface area contributed by atoms with Crippen molar-refractivity contribution in [3.05, 3.63) is 77.8 Å². The lowest BCUT2D eigenvalue weighted by Crippen LogP contribution is -2.13. The Balaban J connectivity index is 1.66. The van der Waals surface area contributed by atoms with Crippen LogP contribution in [0.3, 0.4) is 0 Å². The van der Waals surface area contributed by atoms with Gasteiger partial charge in [0.2, 0.25) is 0 Å². The highest BCUT2D eigenvalue weighted by Gasteiger charge is 2.20. The molecular weight excluding hydrogens is 342 g/mol. The Morgan fingerprint density at radius 1 is 1.19 bits per heavy atom. The number of para-hydroxylation sites is 1. The van der Waals surface area contributed by atoms with E-state index in [0.29, 0.717) is 17.9 Å². The summed E-state index contributed by atoms with van der Waals surface area (Å²) in [5.41, 5.74) is 3.95. The summed E-state index contributed by atoms with van der Waals surface area (Å²) >= 11 is 0. The molecule has 0 aliphatic heterocycles. The van der Waals surface area contributed by atoms with Crippen LogP contribution in [0.2, 0.25) is 0 Å². The lowest BCUT2D eigenvalue weighted by molar-refractivity contribution is 0.0992. The van der Waals surface area contributed by atoms with Gasteiger partial charge in [0.15, 0.2) is 5.76 Å². The van der Waals surface area contributed by atoms with Gasteiger partial charge in [0.1, 0.15) is 5.58 Å². The van der Waals surface area contributed by atoms with Crippen molar-refractivity contribution in [3.8, 4) is 5.69 Å². The number of benzene rings is 2. The number of aromatic nitrogens is 2. The Labute approximate surface area is 156 Å². The SMILES string of the molecule is COCc1c(C(=O)Nc2cccc(-n3nccc3C)c2)oc2ccccc12. The zero-order valence-corrected chi connectivity index (χ0v) is 15.1. The summed E-state index contributed by atoms with van der Waals surface area (Å²) < 4.78 is 12.9. The molecule has 2 heterocycles. The summed E-state index contributed by atoms with van der Waals surface area (Å²) in [4.78, 5) is 12.9. The molecule has 0 radical (unpaired) electrons. The first-order valence-electron chi connectivity index (χ1n) is 8.59. The topological polar surface area (TPSA) is 69.3 Å². The molecule has 0 aliphatic carbocycles. The van der Waals surface area contributed by atoms with Crippen molar-refractivity contribution in [1.82, 2.24) is 9.78 Å². The van der Waals surface area contributed by atoms with Gasteiger partial charge in [-0.15, -0.1) is 0 Å². The van der Waals surface area contributed by atoms with Crippen molar-refractivity contribution in [2.45, 2.75) is 13.5 Å². The average molecular weight is 361 g/mol. The van der Waals surface area contributed by atoms with Gasteiger partial charge in [0.05, 0.1) is 12.3 Å². The number of furan rings is 1. The zero-order chi connectivity index (χ0) is 18.8. The van der Waals surface area contributed by atoms with Crippen LogP contribution in [0.4, 0.5) is 5.69 Å². The molecule has 136 valence electrons. The molecule has 4 aromatic rings. The first-order chi connectivity index (χ1) is 13.2. The summed E-state index contributed by atoms with van der Waals surface area (Å²) in [6, 6.07) is 17.0. The van der Waals surface area contributed by atoms with E-state index in [2.05, 4.69) is 10.4 Å². The molecule has 0 bridgehead atoms. The second-order valence-electron chi connectivity index (χ2n) is 6.23. The van der Waals surface area contributed by atoms with Crippen LogP contribution in [0, 0.1) is 6.92 Å². The van der Waals surface area contributed by atoms with Crippen LogP contribution in [-0.4, -0.2) is 22.8 Å². The molecule has 27 heavy (non-hydrogen) atoms. The van der Waals surface area contributed by atoms with Crippen molar-refractivity contribution in [3.63, 3.8) is 0 Å². The average Bonchev–Trinajstić information content (AvgIpc) is 3.26. The summed E-state index contributed by atoms with van der Waals surface area (Å²) in [6.45, 7) is 2.27. The second-order valence-corrected chi connectivity index (χ2v) is 6.23. The number of methoxy groups -OCH3 is 1. The fourth-order valence-electron chi connectivity index (χ4n) is 3.11. The van der Waals surface area contributed by atoms with Gasteiger partial charge >= 0.3 is 0 Å². The van der Waals surface area contributed by atoms with Crippen molar-refractivity contribution in [2.24, 2.45) is 0 Å². The highest BCUT2D eigenvalue weighted by Crippen LogP contribution is 2.27. The fourth-order valence-corrected chi connectivity index (χ4v) is 3.11. The molecule has 0 saturated carbocycles. The van der Waals surface area contributed by atoms with Crippen molar-refractivity contribution >= 4 is 22.6 Å². The number of rotatable bonds is 5. The summed E-state index contributed by atoms with van der Waals surface area (Å²) in [6.07, 6.45) is 1.74. The molecule has 6 heteroatoms. The standard InChI is InChI=1S/C21H19N3O3/c1-14-10-11-22-24(14)16-7-5-6-15(12-16)23-21(25)20-18(13-26-2)17-8-3-4-9-19(17)27-20/h3-12H,13H2,1-2H3,(H,23,25). The maximum atomic E-state index is 12.9. The van der Waals surface area contributed by atoms with E-state index in [1.165, 1.54) is 0 Å². The number of ether oxygens (including phenoxy) is 1. The highest BCUT2D eigenvalue weighted by atomic mass is 16.5. The van der Waals surface area contributed by atoms with Gasteiger partial charge in [0.25, 0.3) is 5.91 Å². The van der Waals surface area contributed by atoms with Crippen LogP contribution in [0.1, 0.15) is 21.8 Å². The number of amides is 1. The molecule has 4 rings (SSSR count). The maximum Gasteiger partial charge on any atom is 0.291 e. The molecule has 0 spiro atoms. The van der Waals surface area contributed by atoms with E-state index in [1.54, 1.807) is 13.3 Å². The predicted molar refractivity (Wildman–Crippen MR) is 103 cm³/mol. The number of hydrogen-bond donors (Lipinski definition) is 1. The van der Waals surface area contributed by atoms with Crippen LogP contribution in [0.25, 0.3) is 16.7 Å². The largest absolute Gasteiger partial charge is 0.451 e. The van der Waals surface area contributed by atoms with Gasteiger partial charge in [-0.05, 0) is 37.3 Å². The van der Waals surface area contributed by atoms with Gasteiger partial charge in [0, 0.05) is 35.6 Å². The minimum atomic E-state index is -0.312. The Morgan fingerprint density at radius 3 is 2.81 bits per heavy atom. The van der Waals surface area contributed by atoms with E-state index >= 15 is 0 Å². The smallest absolute Gasteiger partial charge is 0.291 e. The van der Waals surface area contributed by atoms with Crippen LogP contribution in [-0.2, 0) is 11.3 Å². The van der Waals surface area contributed by atoms with E-state index in [1.807, 2.05) is 66.2 Å². The second kappa shape index (κ2) is 7.09. The number of anilines is 1. The minimum Gasteiger partial charge on any atom is -0.451 e. The van der Waals surface area contributed by atoms with Gasteiger partial charge < -0.3 is 14.5 Å². The molecule has 1 amide bonds. The van der Waals surface area contributed by atoms with E-state index < -0.39 is 0 Å². The van der Waals surface area contributed by atoms with Crippen LogP contribution >= 0.6 is 0 Å². The van der Waals surface area contributed by atoms with Gasteiger partial charge in [-0.25, -0.2) is 4.68 Å². The van der Waals surface area contributed by atoms with E-state index in [4.69, 9.17) is 9.15 Å². The summed E-state index contributed by atoms with van der Waals surface area (Å²) in [7, 11) is 1.60. The number of nitrogens with zero attached hydrogens (tertiary/aromatic N) is 2. The lowest BCUT2D eigenvalue weighted by atomic mass is 10.1. The van der Waals surface area contributed by atoms with Crippen molar-refractivity contribution in [2.75, 3.05) is 12.4 Å². The molecule has 6 nitrogen and oxygen atoms in total. The minimum absolute atomic E-state index is 0.263. The highest BCUT2D eigenvalue weighted by molar-refractivity contribution is 6.06. The number of carbonyl (C=O) groups is 1. The maximum absolute atomic E-state index is 12.9. The van der Waals surface area contributed by atoms with Crippen molar-refractivity contribution < 1.29 is 13.9 Å². The third kappa shape index (κ3) is 3.22. The normalized spacial score (nSPS) is 11.0. The molecule has 0 saturated heterocycles. The number of fused-ring (bicyclic) bond motifs is 1. The zero-order valence-electron chi connectivity index (χ0n) is 15.1. The van der Waals surface area contributed by atoms with Gasteiger partial charge in [-0.2, -0.15) is 5.10 Å². The summed E-state index contributed by atoms with van der Waals surface area (Å²) in [5.74, 6) is -0.0497. The monoisotopic (exact) mass is 361 g/mol.